The highest BCUT2D eigenvalue weighted by Gasteiger charge is 2.31. The van der Waals surface area contributed by atoms with Gasteiger partial charge < -0.3 is 15.5 Å². The van der Waals surface area contributed by atoms with Crippen LogP contribution < -0.4 is 15.5 Å². The largest absolute Gasteiger partial charge is 0.366 e. The molecule has 5 heteroatoms. The normalized spacial score (nSPS) is 20.6. The van der Waals surface area contributed by atoms with Crippen LogP contribution in [-0.4, -0.2) is 25.5 Å². The van der Waals surface area contributed by atoms with Crippen LogP contribution in [0.2, 0.25) is 5.02 Å². The molecule has 21 heavy (non-hydrogen) atoms. The van der Waals surface area contributed by atoms with Gasteiger partial charge in [0.1, 0.15) is 6.04 Å². The third-order valence-electron chi connectivity index (χ3n) is 3.95. The molecule has 2 aliphatic heterocycles. The van der Waals surface area contributed by atoms with Crippen LogP contribution in [0.15, 0.2) is 24.3 Å². The second-order valence-corrected chi connectivity index (χ2v) is 5.88. The highest BCUT2D eigenvalue weighted by atomic mass is 35.5. The van der Waals surface area contributed by atoms with Gasteiger partial charge >= 0.3 is 0 Å². The molecule has 0 bridgehead atoms. The zero-order chi connectivity index (χ0) is 14.8. The number of amides is 1. The predicted molar refractivity (Wildman–Crippen MR) is 87.1 cm³/mol. The third-order valence-corrected chi connectivity index (χ3v) is 4.25. The number of hydrogen-bond donors (Lipinski definition) is 2. The van der Waals surface area contributed by atoms with Crippen molar-refractivity contribution in [3.63, 3.8) is 0 Å². The Morgan fingerprint density at radius 1 is 1.43 bits per heavy atom. The number of nitrogens with one attached hydrogen (secondary N) is 2. The van der Waals surface area contributed by atoms with Crippen LogP contribution in [0.5, 0.6) is 0 Å². The maximum atomic E-state index is 12.1. The molecule has 0 saturated carbocycles. The number of carbonyl (C=O) groups is 1. The molecule has 1 amide bonds. The second-order valence-electron chi connectivity index (χ2n) is 5.47. The summed E-state index contributed by atoms with van der Waals surface area (Å²) in [5, 5.41) is 6.94. The van der Waals surface area contributed by atoms with Crippen LogP contribution in [0.3, 0.4) is 0 Å². The van der Waals surface area contributed by atoms with Crippen molar-refractivity contribution >= 4 is 28.9 Å². The summed E-state index contributed by atoms with van der Waals surface area (Å²) >= 11 is 6.46. The fraction of sp³-hybridized carbons (Fsp3) is 0.438. The van der Waals surface area contributed by atoms with Crippen molar-refractivity contribution in [2.75, 3.05) is 29.9 Å². The van der Waals surface area contributed by atoms with Crippen molar-refractivity contribution in [2.45, 2.75) is 25.8 Å². The van der Waals surface area contributed by atoms with Crippen LogP contribution in [-0.2, 0) is 4.79 Å². The Hall–Kier alpha value is -1.52. The molecule has 0 aromatic heterocycles. The van der Waals surface area contributed by atoms with E-state index in [2.05, 4.69) is 34.6 Å². The number of hydrogen-bond acceptors (Lipinski definition) is 3. The number of anilines is 2. The van der Waals surface area contributed by atoms with Gasteiger partial charge in [0.2, 0.25) is 5.91 Å². The minimum atomic E-state index is -0.284. The lowest BCUT2D eigenvalue weighted by atomic mass is 10.1. The Morgan fingerprint density at radius 2 is 2.29 bits per heavy atom. The van der Waals surface area contributed by atoms with Crippen molar-refractivity contribution in [1.82, 2.24) is 5.32 Å². The van der Waals surface area contributed by atoms with Crippen LogP contribution in [0.4, 0.5) is 11.4 Å². The van der Waals surface area contributed by atoms with Gasteiger partial charge in [-0.1, -0.05) is 30.7 Å². The van der Waals surface area contributed by atoms with E-state index in [1.807, 2.05) is 12.1 Å². The van der Waals surface area contributed by atoms with Gasteiger partial charge in [-0.2, -0.15) is 0 Å². The number of benzene rings is 1. The Labute approximate surface area is 130 Å². The maximum absolute atomic E-state index is 12.1. The fourth-order valence-electron chi connectivity index (χ4n) is 2.86. The number of carbonyl (C=O) groups excluding carboxylic acids is 1. The van der Waals surface area contributed by atoms with E-state index >= 15 is 0 Å². The lowest BCUT2D eigenvalue weighted by Crippen LogP contribution is -2.28. The van der Waals surface area contributed by atoms with Gasteiger partial charge in [0.15, 0.2) is 0 Å². The molecule has 2 N–H and O–H groups in total. The first-order chi connectivity index (χ1) is 10.2. The Balaban J connectivity index is 1.90. The van der Waals surface area contributed by atoms with E-state index < -0.39 is 0 Å². The average Bonchev–Trinajstić information content (AvgIpc) is 2.80. The summed E-state index contributed by atoms with van der Waals surface area (Å²) in [6.45, 7) is 4.72. The number of halogens is 1. The van der Waals surface area contributed by atoms with Gasteiger partial charge in [0.25, 0.3) is 0 Å². The van der Waals surface area contributed by atoms with E-state index in [0.717, 1.165) is 49.4 Å². The van der Waals surface area contributed by atoms with Gasteiger partial charge in [-0.3, -0.25) is 4.79 Å². The van der Waals surface area contributed by atoms with E-state index in [1.165, 1.54) is 0 Å². The molecular weight excluding hydrogens is 286 g/mol. The van der Waals surface area contributed by atoms with E-state index in [-0.39, 0.29) is 11.9 Å². The number of fused-ring (bicyclic) bond motifs is 1. The van der Waals surface area contributed by atoms with E-state index in [9.17, 15) is 4.79 Å². The second kappa shape index (κ2) is 6.08. The quantitative estimate of drug-likeness (QED) is 0.840. The van der Waals surface area contributed by atoms with Gasteiger partial charge in [-0.25, -0.2) is 0 Å². The van der Waals surface area contributed by atoms with E-state index in [4.69, 9.17) is 11.6 Å². The monoisotopic (exact) mass is 305 g/mol. The molecule has 0 spiro atoms. The summed E-state index contributed by atoms with van der Waals surface area (Å²) in [5.41, 5.74) is 2.83. The standard InChI is InChI=1S/C16H20ClN3O/c1-2-6-18-15-11-9-12(17)14(10-13(11)19-16(15)21)20-7-4-3-5-8-20/h3-4,9-10,15,18H,2,5-8H2,1H3,(H,19,21). The first kappa shape index (κ1) is 14.4. The van der Waals surface area contributed by atoms with E-state index in [1.54, 1.807) is 0 Å². The molecule has 112 valence electrons. The molecule has 0 fully saturated rings. The smallest absolute Gasteiger partial charge is 0.246 e. The maximum Gasteiger partial charge on any atom is 0.246 e. The fourth-order valence-corrected chi connectivity index (χ4v) is 3.16. The molecule has 1 unspecified atom stereocenters. The number of rotatable bonds is 4. The molecule has 0 aliphatic carbocycles. The van der Waals surface area contributed by atoms with Crippen molar-refractivity contribution in [1.29, 1.82) is 0 Å². The molecule has 1 aromatic carbocycles. The summed E-state index contributed by atoms with van der Waals surface area (Å²) in [6.07, 6.45) is 6.35. The van der Waals surface area contributed by atoms with Gasteiger partial charge in [0.05, 0.1) is 10.7 Å². The van der Waals surface area contributed by atoms with Gasteiger partial charge in [0, 0.05) is 24.3 Å². The van der Waals surface area contributed by atoms with Crippen LogP contribution >= 0.6 is 11.6 Å². The highest BCUT2D eigenvalue weighted by molar-refractivity contribution is 6.33. The van der Waals surface area contributed by atoms with Crippen molar-refractivity contribution in [3.8, 4) is 0 Å². The topological polar surface area (TPSA) is 44.4 Å². The van der Waals surface area contributed by atoms with Gasteiger partial charge in [-0.15, -0.1) is 0 Å². The summed E-state index contributed by atoms with van der Waals surface area (Å²) in [5.74, 6) is 0.00482. The average molecular weight is 306 g/mol. The minimum absolute atomic E-state index is 0.00482. The molecule has 1 atom stereocenters. The lowest BCUT2D eigenvalue weighted by molar-refractivity contribution is -0.117. The highest BCUT2D eigenvalue weighted by Crippen LogP contribution is 2.39. The molecule has 1 aromatic rings. The Bertz CT molecular complexity index is 585. The lowest BCUT2D eigenvalue weighted by Gasteiger charge is -2.27. The first-order valence-electron chi connectivity index (χ1n) is 7.48. The molecule has 2 heterocycles. The van der Waals surface area contributed by atoms with Crippen molar-refractivity contribution in [2.24, 2.45) is 0 Å². The Kier molecular flexibility index (Phi) is 4.17. The molecule has 2 aliphatic rings. The minimum Gasteiger partial charge on any atom is -0.366 e. The molecular formula is C16H20ClN3O. The van der Waals surface area contributed by atoms with E-state index in [0.29, 0.717) is 5.02 Å². The zero-order valence-corrected chi connectivity index (χ0v) is 12.9. The SMILES string of the molecule is CCCNC1C(=O)Nc2cc(N3CC=CCC3)c(Cl)cc21. The van der Waals surface area contributed by atoms with Crippen molar-refractivity contribution in [3.05, 3.63) is 34.9 Å². The zero-order valence-electron chi connectivity index (χ0n) is 12.2. The summed E-state index contributed by atoms with van der Waals surface area (Å²) in [6, 6.07) is 3.64. The van der Waals surface area contributed by atoms with Crippen LogP contribution in [0, 0.1) is 0 Å². The van der Waals surface area contributed by atoms with Crippen LogP contribution in [0.25, 0.3) is 0 Å². The number of nitrogens with zero attached hydrogens (tertiary/aromatic N) is 1. The first-order valence-corrected chi connectivity index (χ1v) is 7.86. The molecule has 0 radical (unpaired) electrons. The third kappa shape index (κ3) is 2.78. The van der Waals surface area contributed by atoms with Crippen LogP contribution in [0.1, 0.15) is 31.4 Å². The summed E-state index contributed by atoms with van der Waals surface area (Å²) in [4.78, 5) is 14.3. The van der Waals surface area contributed by atoms with Crippen molar-refractivity contribution < 1.29 is 4.79 Å². The molecule has 3 rings (SSSR count). The summed E-state index contributed by atoms with van der Waals surface area (Å²) in [7, 11) is 0. The Morgan fingerprint density at radius 3 is 3.00 bits per heavy atom. The molecule has 4 nitrogen and oxygen atoms in total. The van der Waals surface area contributed by atoms with Gasteiger partial charge in [-0.05, 0) is 31.5 Å². The summed E-state index contributed by atoms with van der Waals surface area (Å²) < 4.78 is 0. The molecule has 0 saturated heterocycles. The predicted octanol–water partition coefficient (Wildman–Crippen LogP) is 3.10.